The summed E-state index contributed by atoms with van der Waals surface area (Å²) < 4.78 is 59.7. The number of piperidine rings is 2. The number of halogens is 4. The standard InChI is InChI=1S/C45H47F4N5O6/c1-23-14-27-15-31(55)6-7-32(27)41(53(23)22-38(48)49)40-35(46)18-26(19-36(40)47)24-2-4-25(5-3-24)43(58)51-12-10-30(11-13-51)52-20-28-16-33-34(17-29(28)21-52)45(60)54(44(33)59)37-8-9-39(56)50-42(37)57/h6-7,15-19,23-25,30,37-38,41,55H,2-5,8-14,20-22H2,1H3,(H,50,56,57)/t23-,24?,25?,37?,41+/m1/s1. The SMILES string of the molecule is C[C@@H]1Cc2cc(O)ccc2[C@@H](c2c(F)cc(C3CCC(C(=O)N4CCC(N5Cc6cc7c(cc6C5)C(=O)N(C5CCC(=O)NC5=O)C7=O)CC4)CC3)cc2F)N1CC(F)F. The molecule has 2 N–H and O–H groups in total. The lowest BCUT2D eigenvalue weighted by Gasteiger charge is -2.42. The van der Waals surface area contributed by atoms with Crippen molar-refractivity contribution in [3.8, 4) is 5.75 Å². The minimum Gasteiger partial charge on any atom is -0.508 e. The Hall–Kier alpha value is -5.15. The van der Waals surface area contributed by atoms with Crippen molar-refractivity contribution >= 4 is 29.5 Å². The van der Waals surface area contributed by atoms with E-state index >= 15 is 8.78 Å². The third-order valence-electron chi connectivity index (χ3n) is 13.9. The summed E-state index contributed by atoms with van der Waals surface area (Å²) in [4.78, 5) is 71.2. The molecule has 3 atom stereocenters. The lowest BCUT2D eigenvalue weighted by atomic mass is 9.77. The van der Waals surface area contributed by atoms with Gasteiger partial charge in [-0.25, -0.2) is 17.6 Å². The number of likely N-dealkylation sites (tertiary alicyclic amines) is 1. The van der Waals surface area contributed by atoms with E-state index < -0.39 is 66.4 Å². The fraction of sp³-hybridized carbons (Fsp3) is 0.489. The molecular formula is C45H47F4N5O6. The molecule has 3 fully saturated rings. The Bertz CT molecular complexity index is 2220. The Morgan fingerprint density at radius 1 is 0.833 bits per heavy atom. The lowest BCUT2D eigenvalue weighted by Crippen LogP contribution is -2.54. The lowest BCUT2D eigenvalue weighted by molar-refractivity contribution is -0.138. The molecule has 6 aliphatic rings. The summed E-state index contributed by atoms with van der Waals surface area (Å²) in [5.74, 6) is -3.97. The van der Waals surface area contributed by atoms with Crippen LogP contribution in [0.3, 0.4) is 0 Å². The van der Waals surface area contributed by atoms with Gasteiger partial charge in [0, 0.05) is 56.2 Å². The van der Waals surface area contributed by atoms with E-state index in [-0.39, 0.29) is 59.1 Å². The van der Waals surface area contributed by atoms with Crippen molar-refractivity contribution in [3.63, 3.8) is 0 Å². The second kappa shape index (κ2) is 15.7. The predicted octanol–water partition coefficient (Wildman–Crippen LogP) is 5.95. The fourth-order valence-corrected chi connectivity index (χ4v) is 10.8. The van der Waals surface area contributed by atoms with E-state index in [2.05, 4.69) is 10.2 Å². The minimum absolute atomic E-state index is 0.00116. The van der Waals surface area contributed by atoms with Crippen LogP contribution in [0.2, 0.25) is 0 Å². The number of aromatic hydroxyl groups is 1. The summed E-state index contributed by atoms with van der Waals surface area (Å²) in [7, 11) is 0. The number of phenols is 1. The normalized spacial score (nSPS) is 26.4. The number of phenolic OH excluding ortho intramolecular Hbond substituents is 1. The molecule has 11 nitrogen and oxygen atoms in total. The average molecular weight is 830 g/mol. The van der Waals surface area contributed by atoms with Crippen LogP contribution < -0.4 is 5.32 Å². The molecule has 0 radical (unpaired) electrons. The van der Waals surface area contributed by atoms with Gasteiger partial charge in [0.15, 0.2) is 0 Å². The first-order valence-corrected chi connectivity index (χ1v) is 21.0. The molecule has 15 heteroatoms. The second-order valence-corrected chi connectivity index (χ2v) is 17.4. The molecular weight excluding hydrogens is 783 g/mol. The number of nitrogens with one attached hydrogen (secondary N) is 1. The summed E-state index contributed by atoms with van der Waals surface area (Å²) in [5.41, 5.74) is 3.82. The van der Waals surface area contributed by atoms with Gasteiger partial charge < -0.3 is 10.0 Å². The smallest absolute Gasteiger partial charge is 0.262 e. The van der Waals surface area contributed by atoms with Crippen molar-refractivity contribution < 1.29 is 46.6 Å². The Morgan fingerprint density at radius 2 is 1.47 bits per heavy atom. The highest BCUT2D eigenvalue weighted by Crippen LogP contribution is 2.44. The zero-order valence-corrected chi connectivity index (χ0v) is 33.3. The number of imide groups is 2. The van der Waals surface area contributed by atoms with Crippen LogP contribution in [0, 0.1) is 17.6 Å². The summed E-state index contributed by atoms with van der Waals surface area (Å²) in [6.07, 6.45) is 1.66. The molecule has 5 amide bonds. The molecule has 1 saturated carbocycles. The Kier molecular flexibility index (Phi) is 10.5. The van der Waals surface area contributed by atoms with Gasteiger partial charge in [-0.3, -0.25) is 44.0 Å². The van der Waals surface area contributed by atoms with Crippen LogP contribution in [0.15, 0.2) is 42.5 Å². The molecule has 5 aliphatic heterocycles. The molecule has 1 unspecified atom stereocenters. The zero-order valence-electron chi connectivity index (χ0n) is 33.3. The number of fused-ring (bicyclic) bond motifs is 3. The van der Waals surface area contributed by atoms with Gasteiger partial charge in [0.25, 0.3) is 18.2 Å². The molecule has 316 valence electrons. The van der Waals surface area contributed by atoms with Crippen molar-refractivity contribution in [2.45, 2.75) is 114 Å². The van der Waals surface area contributed by atoms with Crippen LogP contribution in [0.4, 0.5) is 17.6 Å². The van der Waals surface area contributed by atoms with Gasteiger partial charge in [-0.15, -0.1) is 0 Å². The van der Waals surface area contributed by atoms with Crippen molar-refractivity contribution in [1.29, 1.82) is 0 Å². The van der Waals surface area contributed by atoms with Gasteiger partial charge in [0.05, 0.1) is 23.7 Å². The van der Waals surface area contributed by atoms with E-state index in [0.717, 1.165) is 28.9 Å². The van der Waals surface area contributed by atoms with Gasteiger partial charge >= 0.3 is 0 Å². The molecule has 3 aromatic carbocycles. The highest BCUT2D eigenvalue weighted by molar-refractivity contribution is 6.23. The predicted molar refractivity (Wildman–Crippen MR) is 209 cm³/mol. The van der Waals surface area contributed by atoms with E-state index in [0.29, 0.717) is 75.0 Å². The molecule has 60 heavy (non-hydrogen) atoms. The molecule has 0 aromatic heterocycles. The Balaban J connectivity index is 0.799. The van der Waals surface area contributed by atoms with Crippen LogP contribution in [-0.4, -0.2) is 98.4 Å². The molecule has 0 spiro atoms. The quantitative estimate of drug-likeness (QED) is 0.221. The largest absolute Gasteiger partial charge is 0.508 e. The number of nitrogens with zero attached hydrogens (tertiary/aromatic N) is 4. The molecule has 1 aliphatic carbocycles. The fourth-order valence-electron chi connectivity index (χ4n) is 10.8. The van der Waals surface area contributed by atoms with Crippen LogP contribution in [0.1, 0.15) is 124 Å². The van der Waals surface area contributed by atoms with E-state index in [1.807, 2.05) is 4.90 Å². The first-order chi connectivity index (χ1) is 28.7. The topological polar surface area (TPSA) is 131 Å². The number of carbonyl (C=O) groups is 5. The number of carbonyl (C=O) groups excluding carboxylic acids is 5. The molecule has 2 saturated heterocycles. The van der Waals surface area contributed by atoms with E-state index in [4.69, 9.17) is 0 Å². The van der Waals surface area contributed by atoms with Crippen LogP contribution >= 0.6 is 0 Å². The molecule has 9 rings (SSSR count). The molecule has 0 bridgehead atoms. The van der Waals surface area contributed by atoms with Gasteiger partial charge in [0.2, 0.25) is 17.7 Å². The molecule has 3 aromatic rings. The number of alkyl halides is 2. The maximum absolute atomic E-state index is 16.1. The third kappa shape index (κ3) is 7.16. The Morgan fingerprint density at radius 3 is 2.07 bits per heavy atom. The second-order valence-electron chi connectivity index (χ2n) is 17.4. The van der Waals surface area contributed by atoms with Crippen molar-refractivity contribution in [3.05, 3.63) is 98.6 Å². The monoisotopic (exact) mass is 829 g/mol. The first-order valence-electron chi connectivity index (χ1n) is 21.0. The minimum atomic E-state index is -2.71. The van der Waals surface area contributed by atoms with Gasteiger partial charge in [-0.1, -0.05) is 6.07 Å². The number of benzene rings is 3. The Labute approximate surface area is 344 Å². The van der Waals surface area contributed by atoms with Crippen LogP contribution in [0.25, 0.3) is 0 Å². The van der Waals surface area contributed by atoms with Gasteiger partial charge in [0.1, 0.15) is 23.4 Å². The number of hydrogen-bond donors (Lipinski definition) is 2. The molecule has 5 heterocycles. The maximum atomic E-state index is 16.1. The first kappa shape index (κ1) is 40.3. The number of rotatable bonds is 7. The van der Waals surface area contributed by atoms with Crippen molar-refractivity contribution in [2.24, 2.45) is 5.92 Å². The maximum Gasteiger partial charge on any atom is 0.262 e. The summed E-state index contributed by atoms with van der Waals surface area (Å²) in [5, 5.41) is 12.3. The van der Waals surface area contributed by atoms with Crippen molar-refractivity contribution in [2.75, 3.05) is 19.6 Å². The van der Waals surface area contributed by atoms with Crippen LogP contribution in [0.5, 0.6) is 5.75 Å². The summed E-state index contributed by atoms with van der Waals surface area (Å²) in [6.45, 7) is 3.46. The zero-order chi connectivity index (χ0) is 42.1. The summed E-state index contributed by atoms with van der Waals surface area (Å²) >= 11 is 0. The van der Waals surface area contributed by atoms with E-state index in [1.54, 1.807) is 25.1 Å². The van der Waals surface area contributed by atoms with E-state index in [9.17, 15) is 37.9 Å². The summed E-state index contributed by atoms with van der Waals surface area (Å²) in [6, 6.07) is 8.32. The highest BCUT2D eigenvalue weighted by Gasteiger charge is 2.46. The van der Waals surface area contributed by atoms with Gasteiger partial charge in [-0.05, 0) is 128 Å². The van der Waals surface area contributed by atoms with E-state index in [1.165, 1.54) is 29.2 Å². The van der Waals surface area contributed by atoms with Crippen molar-refractivity contribution in [1.82, 2.24) is 24.9 Å². The van der Waals surface area contributed by atoms with Gasteiger partial charge in [-0.2, -0.15) is 0 Å². The van der Waals surface area contributed by atoms with Crippen LogP contribution in [-0.2, 0) is 33.9 Å². The third-order valence-corrected chi connectivity index (χ3v) is 13.9. The number of amides is 5. The average Bonchev–Trinajstić information content (AvgIpc) is 3.74. The number of hydrogen-bond acceptors (Lipinski definition) is 8. The highest BCUT2D eigenvalue weighted by atomic mass is 19.3.